The van der Waals surface area contributed by atoms with Gasteiger partial charge in [-0.25, -0.2) is 0 Å². The number of fused-ring (bicyclic) bond motifs is 1. The monoisotopic (exact) mass is 189 g/mol. The van der Waals surface area contributed by atoms with E-state index in [2.05, 4.69) is 4.98 Å². The number of hydrogen-bond donors (Lipinski definition) is 1. The standard InChI is InChI=1S/C11H11NO2/c1-7-8-3-4-10(14-2)11(13)9(8)5-6-12-7/h3-6,13H,1-2H3. The van der Waals surface area contributed by atoms with Crippen LogP contribution in [-0.2, 0) is 0 Å². The van der Waals surface area contributed by atoms with Crippen molar-refractivity contribution in [1.29, 1.82) is 0 Å². The van der Waals surface area contributed by atoms with E-state index in [1.54, 1.807) is 18.3 Å². The third-order valence-electron chi connectivity index (χ3n) is 2.30. The Labute approximate surface area is 82.0 Å². The SMILES string of the molecule is COc1ccc2c(C)nccc2c1O. The van der Waals surface area contributed by atoms with Gasteiger partial charge < -0.3 is 9.84 Å². The van der Waals surface area contributed by atoms with Crippen molar-refractivity contribution in [3.05, 3.63) is 30.1 Å². The van der Waals surface area contributed by atoms with Crippen molar-refractivity contribution in [2.45, 2.75) is 6.92 Å². The topological polar surface area (TPSA) is 42.4 Å². The van der Waals surface area contributed by atoms with Crippen LogP contribution >= 0.6 is 0 Å². The molecule has 0 spiro atoms. The van der Waals surface area contributed by atoms with Crippen LogP contribution in [0.1, 0.15) is 5.69 Å². The number of rotatable bonds is 1. The summed E-state index contributed by atoms with van der Waals surface area (Å²) >= 11 is 0. The summed E-state index contributed by atoms with van der Waals surface area (Å²) in [6.45, 7) is 1.91. The predicted molar refractivity (Wildman–Crippen MR) is 54.7 cm³/mol. The molecule has 0 radical (unpaired) electrons. The molecule has 0 aliphatic carbocycles. The molecule has 0 bridgehead atoms. The number of hydrogen-bond acceptors (Lipinski definition) is 3. The summed E-state index contributed by atoms with van der Waals surface area (Å²) in [5.74, 6) is 0.665. The molecule has 3 nitrogen and oxygen atoms in total. The molecule has 1 aromatic heterocycles. The van der Waals surface area contributed by atoms with Gasteiger partial charge >= 0.3 is 0 Å². The van der Waals surface area contributed by atoms with E-state index in [0.29, 0.717) is 5.75 Å². The van der Waals surface area contributed by atoms with Crippen LogP contribution in [0.3, 0.4) is 0 Å². The summed E-state index contributed by atoms with van der Waals surface area (Å²) < 4.78 is 5.02. The van der Waals surface area contributed by atoms with E-state index in [0.717, 1.165) is 16.5 Å². The molecule has 0 atom stereocenters. The molecule has 14 heavy (non-hydrogen) atoms. The van der Waals surface area contributed by atoms with Gasteiger partial charge in [0, 0.05) is 22.7 Å². The third-order valence-corrected chi connectivity index (χ3v) is 2.30. The molecule has 0 saturated heterocycles. The van der Waals surface area contributed by atoms with E-state index in [9.17, 15) is 5.11 Å². The van der Waals surface area contributed by atoms with E-state index in [1.165, 1.54) is 7.11 Å². The molecule has 3 heteroatoms. The molecule has 0 unspecified atom stereocenters. The zero-order valence-corrected chi connectivity index (χ0v) is 8.11. The van der Waals surface area contributed by atoms with Gasteiger partial charge in [0.2, 0.25) is 0 Å². The summed E-state index contributed by atoms with van der Waals surface area (Å²) in [5, 5.41) is 11.5. The van der Waals surface area contributed by atoms with Gasteiger partial charge in [-0.15, -0.1) is 0 Å². The van der Waals surface area contributed by atoms with Crippen molar-refractivity contribution < 1.29 is 9.84 Å². The van der Waals surface area contributed by atoms with Crippen LogP contribution in [0.2, 0.25) is 0 Å². The van der Waals surface area contributed by atoms with Crippen LogP contribution in [0.25, 0.3) is 10.8 Å². The third kappa shape index (κ3) is 1.18. The van der Waals surface area contributed by atoms with Crippen LogP contribution in [-0.4, -0.2) is 17.2 Å². The van der Waals surface area contributed by atoms with E-state index in [-0.39, 0.29) is 5.75 Å². The first kappa shape index (κ1) is 8.81. The molecular formula is C11H11NO2. The van der Waals surface area contributed by atoms with Crippen LogP contribution < -0.4 is 4.74 Å². The molecule has 0 saturated carbocycles. The Morgan fingerprint density at radius 2 is 2.00 bits per heavy atom. The van der Waals surface area contributed by atoms with Crippen LogP contribution in [0.4, 0.5) is 0 Å². The van der Waals surface area contributed by atoms with Crippen molar-refractivity contribution in [3.63, 3.8) is 0 Å². The Hall–Kier alpha value is -1.77. The summed E-state index contributed by atoms with van der Waals surface area (Å²) in [5.41, 5.74) is 0.903. The fraction of sp³-hybridized carbons (Fsp3) is 0.182. The number of pyridine rings is 1. The number of methoxy groups -OCH3 is 1. The number of aromatic hydroxyl groups is 1. The van der Waals surface area contributed by atoms with Gasteiger partial charge in [-0.2, -0.15) is 0 Å². The number of nitrogens with zero attached hydrogens (tertiary/aromatic N) is 1. The molecule has 0 fully saturated rings. The van der Waals surface area contributed by atoms with Gasteiger partial charge in [-0.1, -0.05) is 0 Å². The summed E-state index contributed by atoms with van der Waals surface area (Å²) in [6.07, 6.45) is 1.68. The second-order valence-corrected chi connectivity index (χ2v) is 3.11. The maximum Gasteiger partial charge on any atom is 0.165 e. The number of aromatic nitrogens is 1. The smallest absolute Gasteiger partial charge is 0.165 e. The van der Waals surface area contributed by atoms with E-state index < -0.39 is 0 Å². The van der Waals surface area contributed by atoms with Crippen molar-refractivity contribution in [2.75, 3.05) is 7.11 Å². The highest BCUT2D eigenvalue weighted by atomic mass is 16.5. The molecular weight excluding hydrogens is 178 g/mol. The molecule has 0 aliphatic rings. The highest BCUT2D eigenvalue weighted by molar-refractivity contribution is 5.91. The lowest BCUT2D eigenvalue weighted by molar-refractivity contribution is 0.376. The fourth-order valence-electron chi connectivity index (χ4n) is 1.53. The molecule has 2 rings (SSSR count). The number of benzene rings is 1. The van der Waals surface area contributed by atoms with Crippen molar-refractivity contribution in [1.82, 2.24) is 4.98 Å². The van der Waals surface area contributed by atoms with Crippen LogP contribution in [0.5, 0.6) is 11.5 Å². The Kier molecular flexibility index (Phi) is 2.00. The molecule has 1 N–H and O–H groups in total. The second kappa shape index (κ2) is 3.18. The quantitative estimate of drug-likeness (QED) is 0.748. The molecule has 1 heterocycles. The zero-order valence-electron chi connectivity index (χ0n) is 8.11. The minimum Gasteiger partial charge on any atom is -0.504 e. The average Bonchev–Trinajstić information content (AvgIpc) is 2.20. The average molecular weight is 189 g/mol. The number of phenolic OH excluding ortho intramolecular Hbond substituents is 1. The summed E-state index contributed by atoms with van der Waals surface area (Å²) in [6, 6.07) is 5.42. The predicted octanol–water partition coefficient (Wildman–Crippen LogP) is 2.26. The van der Waals surface area contributed by atoms with E-state index >= 15 is 0 Å². The van der Waals surface area contributed by atoms with Crippen molar-refractivity contribution in [2.24, 2.45) is 0 Å². The van der Waals surface area contributed by atoms with Crippen LogP contribution in [0, 0.1) is 6.92 Å². The first-order valence-corrected chi connectivity index (χ1v) is 4.35. The van der Waals surface area contributed by atoms with Gasteiger partial charge in [-0.05, 0) is 25.1 Å². The molecule has 2 aromatic rings. The Morgan fingerprint density at radius 3 is 2.71 bits per heavy atom. The highest BCUT2D eigenvalue weighted by Gasteiger charge is 2.07. The van der Waals surface area contributed by atoms with Gasteiger partial charge in [0.25, 0.3) is 0 Å². The Morgan fingerprint density at radius 1 is 1.21 bits per heavy atom. The molecule has 0 amide bonds. The molecule has 1 aromatic carbocycles. The van der Waals surface area contributed by atoms with Gasteiger partial charge in [0.05, 0.1) is 7.11 Å². The maximum atomic E-state index is 9.82. The van der Waals surface area contributed by atoms with Gasteiger partial charge in [0.1, 0.15) is 0 Å². The minimum absolute atomic E-state index is 0.176. The first-order chi connectivity index (χ1) is 6.74. The first-order valence-electron chi connectivity index (χ1n) is 4.35. The largest absolute Gasteiger partial charge is 0.504 e. The summed E-state index contributed by atoms with van der Waals surface area (Å²) in [4.78, 5) is 4.15. The van der Waals surface area contributed by atoms with Crippen LogP contribution in [0.15, 0.2) is 24.4 Å². The highest BCUT2D eigenvalue weighted by Crippen LogP contribution is 2.34. The zero-order chi connectivity index (χ0) is 10.1. The second-order valence-electron chi connectivity index (χ2n) is 3.11. The van der Waals surface area contributed by atoms with Crippen molar-refractivity contribution in [3.8, 4) is 11.5 Å². The summed E-state index contributed by atoms with van der Waals surface area (Å²) in [7, 11) is 1.54. The lowest BCUT2D eigenvalue weighted by Crippen LogP contribution is -1.87. The number of ether oxygens (including phenoxy) is 1. The van der Waals surface area contributed by atoms with Crippen molar-refractivity contribution >= 4 is 10.8 Å². The molecule has 72 valence electrons. The lowest BCUT2D eigenvalue weighted by Gasteiger charge is -2.07. The Balaban J connectivity index is 2.84. The maximum absolute atomic E-state index is 9.82. The van der Waals surface area contributed by atoms with Gasteiger partial charge in [-0.3, -0.25) is 4.98 Å². The molecule has 0 aliphatic heterocycles. The Bertz CT molecular complexity index is 480. The van der Waals surface area contributed by atoms with E-state index in [4.69, 9.17) is 4.74 Å². The lowest BCUT2D eigenvalue weighted by atomic mass is 10.1. The normalized spacial score (nSPS) is 10.4. The minimum atomic E-state index is 0.176. The van der Waals surface area contributed by atoms with E-state index in [1.807, 2.05) is 13.0 Å². The van der Waals surface area contributed by atoms with Gasteiger partial charge in [0.15, 0.2) is 11.5 Å². The number of aryl methyl sites for hydroxylation is 1. The fourth-order valence-corrected chi connectivity index (χ4v) is 1.53. The number of phenols is 1.